The van der Waals surface area contributed by atoms with E-state index in [1.54, 1.807) is 6.07 Å². The minimum atomic E-state index is -0.558. The lowest BCUT2D eigenvalue weighted by molar-refractivity contribution is -0.142. The standard InChI is InChI=1S/C31H30FNO4/c1-33(18-23-10-7-9-21-8-3-4-11-25(21)23)19-24-17-27(26-12-5-6-13-29(26)37-24)22-14-15-30(28(32)16-22)36-20-31(34)35-2/h3-16,24,27H,17-20H2,1-2H3. The van der Waals surface area contributed by atoms with Crippen LogP contribution in [0.1, 0.15) is 29.0 Å². The molecule has 0 aromatic heterocycles. The monoisotopic (exact) mass is 499 g/mol. The van der Waals surface area contributed by atoms with Crippen LogP contribution in [0, 0.1) is 5.82 Å². The topological polar surface area (TPSA) is 48.0 Å². The molecule has 4 aromatic rings. The van der Waals surface area contributed by atoms with Crippen LogP contribution in [0.2, 0.25) is 0 Å². The Kier molecular flexibility index (Phi) is 7.37. The number of hydrogen-bond acceptors (Lipinski definition) is 5. The third kappa shape index (κ3) is 5.59. The van der Waals surface area contributed by atoms with Gasteiger partial charge in [0.05, 0.1) is 7.11 Å². The minimum absolute atomic E-state index is 0.0231. The van der Waals surface area contributed by atoms with Crippen LogP contribution in [-0.4, -0.2) is 44.3 Å². The van der Waals surface area contributed by atoms with Gasteiger partial charge in [-0.15, -0.1) is 0 Å². The molecule has 2 atom stereocenters. The molecule has 2 unspecified atom stereocenters. The summed E-state index contributed by atoms with van der Waals surface area (Å²) in [5, 5.41) is 2.49. The lowest BCUT2D eigenvalue weighted by Crippen LogP contribution is -2.36. The molecule has 5 nitrogen and oxygen atoms in total. The van der Waals surface area contributed by atoms with Crippen molar-refractivity contribution in [1.82, 2.24) is 4.90 Å². The van der Waals surface area contributed by atoms with Gasteiger partial charge < -0.3 is 14.2 Å². The van der Waals surface area contributed by atoms with Crippen molar-refractivity contribution < 1.29 is 23.4 Å². The second-order valence-corrected chi connectivity index (χ2v) is 9.46. The fourth-order valence-electron chi connectivity index (χ4n) is 5.10. The van der Waals surface area contributed by atoms with Crippen LogP contribution >= 0.6 is 0 Å². The van der Waals surface area contributed by atoms with Gasteiger partial charge in [0.2, 0.25) is 0 Å². The second kappa shape index (κ2) is 11.0. The van der Waals surface area contributed by atoms with Crippen molar-refractivity contribution in [2.75, 3.05) is 27.3 Å². The van der Waals surface area contributed by atoms with Crippen LogP contribution < -0.4 is 9.47 Å². The Labute approximate surface area is 216 Å². The van der Waals surface area contributed by atoms with E-state index >= 15 is 0 Å². The molecule has 5 rings (SSSR count). The zero-order chi connectivity index (χ0) is 25.8. The molecule has 37 heavy (non-hydrogen) atoms. The number of carbonyl (C=O) groups is 1. The summed E-state index contributed by atoms with van der Waals surface area (Å²) in [6, 6.07) is 27.7. The Morgan fingerprint density at radius 3 is 2.65 bits per heavy atom. The molecule has 0 N–H and O–H groups in total. The van der Waals surface area contributed by atoms with E-state index in [2.05, 4.69) is 59.1 Å². The fraction of sp³-hybridized carbons (Fsp3) is 0.258. The van der Waals surface area contributed by atoms with Gasteiger partial charge in [-0.1, -0.05) is 66.7 Å². The number of hydrogen-bond donors (Lipinski definition) is 0. The quantitative estimate of drug-likeness (QED) is 0.281. The first-order valence-electron chi connectivity index (χ1n) is 12.4. The SMILES string of the molecule is COC(=O)COc1ccc(C2CC(CN(C)Cc3cccc4ccccc34)Oc3ccccc32)cc1F. The van der Waals surface area contributed by atoms with Crippen LogP contribution in [0.15, 0.2) is 84.9 Å². The molecular weight excluding hydrogens is 469 g/mol. The van der Waals surface area contributed by atoms with Crippen molar-refractivity contribution >= 4 is 16.7 Å². The molecule has 0 aliphatic carbocycles. The van der Waals surface area contributed by atoms with Gasteiger partial charge in [0, 0.05) is 24.6 Å². The largest absolute Gasteiger partial charge is 0.489 e. The molecule has 4 aromatic carbocycles. The molecule has 0 saturated carbocycles. The van der Waals surface area contributed by atoms with Crippen LogP contribution in [0.4, 0.5) is 4.39 Å². The molecule has 0 fully saturated rings. The van der Waals surface area contributed by atoms with Crippen LogP contribution in [0.3, 0.4) is 0 Å². The highest BCUT2D eigenvalue weighted by molar-refractivity contribution is 5.85. The summed E-state index contributed by atoms with van der Waals surface area (Å²) < 4.78 is 31.1. The highest BCUT2D eigenvalue weighted by Crippen LogP contribution is 2.41. The van der Waals surface area contributed by atoms with Gasteiger partial charge in [0.15, 0.2) is 18.2 Å². The van der Waals surface area contributed by atoms with Crippen LogP contribution in [-0.2, 0) is 16.1 Å². The summed E-state index contributed by atoms with van der Waals surface area (Å²) in [5.74, 6) is -0.230. The molecule has 190 valence electrons. The van der Waals surface area contributed by atoms with Crippen molar-refractivity contribution in [3.8, 4) is 11.5 Å². The summed E-state index contributed by atoms with van der Waals surface area (Å²) in [6.07, 6.45) is 0.664. The summed E-state index contributed by atoms with van der Waals surface area (Å²) in [5.41, 5.74) is 3.16. The zero-order valence-corrected chi connectivity index (χ0v) is 21.0. The van der Waals surface area contributed by atoms with E-state index in [0.717, 1.165) is 36.4 Å². The summed E-state index contributed by atoms with van der Waals surface area (Å²) >= 11 is 0. The number of para-hydroxylation sites is 1. The number of carbonyl (C=O) groups excluding carboxylic acids is 1. The molecule has 0 amide bonds. The van der Waals surface area contributed by atoms with Gasteiger partial charge in [-0.05, 0) is 53.6 Å². The predicted molar refractivity (Wildman–Crippen MR) is 142 cm³/mol. The third-order valence-electron chi connectivity index (χ3n) is 6.85. The first-order valence-corrected chi connectivity index (χ1v) is 12.4. The maximum absolute atomic E-state index is 14.9. The molecule has 0 bridgehead atoms. The van der Waals surface area contributed by atoms with Crippen molar-refractivity contribution in [2.45, 2.75) is 25.0 Å². The lowest BCUT2D eigenvalue weighted by atomic mass is 9.84. The Hall–Kier alpha value is -3.90. The molecule has 1 aliphatic heterocycles. The van der Waals surface area contributed by atoms with Crippen molar-refractivity contribution in [1.29, 1.82) is 0 Å². The number of fused-ring (bicyclic) bond motifs is 2. The number of ether oxygens (including phenoxy) is 3. The first kappa shape index (κ1) is 24.8. The van der Waals surface area contributed by atoms with Gasteiger partial charge in [-0.25, -0.2) is 9.18 Å². The third-order valence-corrected chi connectivity index (χ3v) is 6.85. The number of benzene rings is 4. The fourth-order valence-corrected chi connectivity index (χ4v) is 5.10. The summed E-state index contributed by atoms with van der Waals surface area (Å²) in [6.45, 7) is 1.20. The predicted octanol–water partition coefficient (Wildman–Crippen LogP) is 5.95. The lowest BCUT2D eigenvalue weighted by Gasteiger charge is -2.34. The Morgan fingerprint density at radius 1 is 1.03 bits per heavy atom. The van der Waals surface area contributed by atoms with Crippen LogP contribution in [0.25, 0.3) is 10.8 Å². The van der Waals surface area contributed by atoms with Crippen molar-refractivity contribution in [3.63, 3.8) is 0 Å². The number of rotatable bonds is 8. The van der Waals surface area contributed by atoms with Gasteiger partial charge in [-0.2, -0.15) is 0 Å². The number of methoxy groups -OCH3 is 1. The zero-order valence-electron chi connectivity index (χ0n) is 21.0. The molecule has 0 spiro atoms. The van der Waals surface area contributed by atoms with Crippen molar-refractivity contribution in [2.24, 2.45) is 0 Å². The van der Waals surface area contributed by atoms with Gasteiger partial charge in [0.25, 0.3) is 0 Å². The molecule has 1 aliphatic rings. The van der Waals surface area contributed by atoms with E-state index < -0.39 is 11.8 Å². The summed E-state index contributed by atoms with van der Waals surface area (Å²) in [4.78, 5) is 13.6. The average molecular weight is 500 g/mol. The second-order valence-electron chi connectivity index (χ2n) is 9.46. The van der Waals surface area contributed by atoms with Gasteiger partial charge >= 0.3 is 5.97 Å². The van der Waals surface area contributed by atoms with E-state index in [-0.39, 0.29) is 24.4 Å². The minimum Gasteiger partial charge on any atom is -0.489 e. The average Bonchev–Trinajstić information content (AvgIpc) is 2.92. The molecule has 1 heterocycles. The smallest absolute Gasteiger partial charge is 0.343 e. The maximum Gasteiger partial charge on any atom is 0.343 e. The summed E-state index contributed by atoms with van der Waals surface area (Å²) in [7, 11) is 3.37. The number of halogens is 1. The van der Waals surface area contributed by atoms with E-state index in [1.165, 1.54) is 29.5 Å². The van der Waals surface area contributed by atoms with E-state index in [1.807, 2.05) is 30.3 Å². The Balaban J connectivity index is 1.33. The van der Waals surface area contributed by atoms with Gasteiger partial charge in [-0.3, -0.25) is 4.90 Å². The van der Waals surface area contributed by atoms with Crippen molar-refractivity contribution in [3.05, 3.63) is 107 Å². The highest BCUT2D eigenvalue weighted by Gasteiger charge is 2.30. The molecule has 6 heteroatoms. The number of esters is 1. The Bertz CT molecular complexity index is 1400. The highest BCUT2D eigenvalue weighted by atomic mass is 19.1. The number of likely N-dealkylation sites (N-methyl/N-ethyl adjacent to an activating group) is 1. The molecular formula is C31H30FNO4. The van der Waals surface area contributed by atoms with E-state index in [9.17, 15) is 9.18 Å². The Morgan fingerprint density at radius 2 is 1.81 bits per heavy atom. The van der Waals surface area contributed by atoms with E-state index in [4.69, 9.17) is 9.47 Å². The first-order chi connectivity index (χ1) is 18.0. The molecule has 0 saturated heterocycles. The normalized spacial score (nSPS) is 16.8. The van der Waals surface area contributed by atoms with Gasteiger partial charge in [0.1, 0.15) is 11.9 Å². The molecule has 0 radical (unpaired) electrons. The van der Waals surface area contributed by atoms with Crippen LogP contribution in [0.5, 0.6) is 11.5 Å². The van der Waals surface area contributed by atoms with E-state index in [0.29, 0.717) is 0 Å². The maximum atomic E-state index is 14.9. The number of nitrogens with zero attached hydrogens (tertiary/aromatic N) is 1.